The van der Waals surface area contributed by atoms with Gasteiger partial charge < -0.3 is 10.5 Å². The first-order valence-corrected chi connectivity index (χ1v) is 4.30. The summed E-state index contributed by atoms with van der Waals surface area (Å²) in [6.45, 7) is 10.9. The van der Waals surface area contributed by atoms with Crippen LogP contribution in [0.5, 0.6) is 0 Å². The Labute approximate surface area is 70.1 Å². The molecule has 11 heavy (non-hydrogen) atoms. The van der Waals surface area contributed by atoms with Gasteiger partial charge in [0, 0.05) is 6.61 Å². The van der Waals surface area contributed by atoms with E-state index in [4.69, 9.17) is 10.5 Å². The monoisotopic (exact) mass is 159 g/mol. The molecule has 0 aliphatic rings. The molecule has 1 atom stereocenters. The smallest absolute Gasteiger partial charge is 0.0511 e. The third-order valence-corrected chi connectivity index (χ3v) is 2.03. The van der Waals surface area contributed by atoms with Gasteiger partial charge in [-0.25, -0.2) is 0 Å². The molecule has 0 saturated carbocycles. The van der Waals surface area contributed by atoms with E-state index in [9.17, 15) is 0 Å². The second-order valence-electron chi connectivity index (χ2n) is 3.96. The van der Waals surface area contributed by atoms with E-state index in [2.05, 4.69) is 20.8 Å². The van der Waals surface area contributed by atoms with Crippen LogP contribution in [0.2, 0.25) is 0 Å². The zero-order valence-corrected chi connectivity index (χ0v) is 8.18. The van der Waals surface area contributed by atoms with Gasteiger partial charge in [-0.05, 0) is 24.8 Å². The molecule has 0 aromatic rings. The van der Waals surface area contributed by atoms with Gasteiger partial charge in [0.2, 0.25) is 0 Å². The highest BCUT2D eigenvalue weighted by Gasteiger charge is 2.22. The fourth-order valence-corrected chi connectivity index (χ4v) is 0.932. The number of nitrogens with two attached hydrogens (primary N) is 1. The van der Waals surface area contributed by atoms with E-state index < -0.39 is 0 Å². The summed E-state index contributed by atoms with van der Waals surface area (Å²) in [5.41, 5.74) is 5.89. The molecular weight excluding hydrogens is 138 g/mol. The highest BCUT2D eigenvalue weighted by molar-refractivity contribution is 4.73. The Kier molecular flexibility index (Phi) is 4.69. The Morgan fingerprint density at radius 2 is 1.91 bits per heavy atom. The molecule has 2 N–H and O–H groups in total. The van der Waals surface area contributed by atoms with Gasteiger partial charge in [-0.3, -0.25) is 0 Å². The Morgan fingerprint density at radius 1 is 1.36 bits per heavy atom. The Balaban J connectivity index is 3.76. The number of hydrogen-bond acceptors (Lipinski definition) is 2. The number of hydrogen-bond donors (Lipinski definition) is 1. The summed E-state index contributed by atoms with van der Waals surface area (Å²) >= 11 is 0. The van der Waals surface area contributed by atoms with Gasteiger partial charge in [0.15, 0.2) is 0 Å². The second-order valence-corrected chi connectivity index (χ2v) is 3.96. The van der Waals surface area contributed by atoms with Crippen molar-refractivity contribution in [2.24, 2.45) is 17.1 Å². The van der Waals surface area contributed by atoms with Gasteiger partial charge >= 0.3 is 0 Å². The number of ether oxygens (including phenoxy) is 1. The van der Waals surface area contributed by atoms with Crippen molar-refractivity contribution in [1.29, 1.82) is 0 Å². The molecule has 0 rings (SSSR count). The second kappa shape index (κ2) is 4.73. The van der Waals surface area contributed by atoms with Crippen LogP contribution in [0.15, 0.2) is 0 Å². The minimum atomic E-state index is 0.268. The Morgan fingerprint density at radius 3 is 2.18 bits per heavy atom. The van der Waals surface area contributed by atoms with Crippen LogP contribution in [0.3, 0.4) is 0 Å². The van der Waals surface area contributed by atoms with Gasteiger partial charge in [-0.1, -0.05) is 20.8 Å². The molecule has 0 radical (unpaired) electrons. The van der Waals surface area contributed by atoms with Gasteiger partial charge in [-0.15, -0.1) is 0 Å². The third-order valence-electron chi connectivity index (χ3n) is 2.03. The van der Waals surface area contributed by atoms with Crippen LogP contribution in [0, 0.1) is 11.3 Å². The van der Waals surface area contributed by atoms with Crippen LogP contribution in [-0.2, 0) is 4.74 Å². The van der Waals surface area contributed by atoms with Crippen LogP contribution in [-0.4, -0.2) is 19.8 Å². The molecule has 0 aromatic heterocycles. The summed E-state index contributed by atoms with van der Waals surface area (Å²) in [4.78, 5) is 0. The minimum Gasteiger partial charge on any atom is -0.381 e. The van der Waals surface area contributed by atoms with Gasteiger partial charge in [-0.2, -0.15) is 0 Å². The molecule has 0 aliphatic heterocycles. The predicted octanol–water partition coefficient (Wildman–Crippen LogP) is 1.64. The van der Waals surface area contributed by atoms with Crippen LogP contribution >= 0.6 is 0 Å². The number of rotatable bonds is 4. The van der Waals surface area contributed by atoms with E-state index in [1.807, 2.05) is 6.92 Å². The first-order valence-electron chi connectivity index (χ1n) is 4.30. The summed E-state index contributed by atoms with van der Waals surface area (Å²) in [6, 6.07) is 0. The molecule has 0 aromatic carbocycles. The standard InChI is InChI=1S/C9H21NO/c1-5-11-7-8(6-10)9(2,3)4/h8H,5-7,10H2,1-4H3. The first kappa shape index (κ1) is 10.9. The normalized spacial score (nSPS) is 15.0. The van der Waals surface area contributed by atoms with E-state index >= 15 is 0 Å². The van der Waals surface area contributed by atoms with Crippen molar-refractivity contribution >= 4 is 0 Å². The highest BCUT2D eigenvalue weighted by atomic mass is 16.5. The maximum atomic E-state index is 5.62. The lowest BCUT2D eigenvalue weighted by atomic mass is 9.81. The summed E-state index contributed by atoms with van der Waals surface area (Å²) in [5, 5.41) is 0. The summed E-state index contributed by atoms with van der Waals surface area (Å²) in [6.07, 6.45) is 0. The fraction of sp³-hybridized carbons (Fsp3) is 1.00. The largest absolute Gasteiger partial charge is 0.381 e. The van der Waals surface area contributed by atoms with Gasteiger partial charge in [0.05, 0.1) is 6.61 Å². The van der Waals surface area contributed by atoms with Crippen molar-refractivity contribution in [1.82, 2.24) is 0 Å². The Hall–Kier alpha value is -0.0800. The van der Waals surface area contributed by atoms with Gasteiger partial charge in [0.1, 0.15) is 0 Å². The van der Waals surface area contributed by atoms with E-state index in [0.717, 1.165) is 13.2 Å². The molecule has 1 unspecified atom stereocenters. The summed E-state index contributed by atoms with van der Waals surface area (Å²) in [5.74, 6) is 0.474. The molecule has 0 heterocycles. The van der Waals surface area contributed by atoms with Crippen LogP contribution in [0.25, 0.3) is 0 Å². The van der Waals surface area contributed by atoms with Crippen LogP contribution in [0.4, 0.5) is 0 Å². The molecule has 2 nitrogen and oxygen atoms in total. The van der Waals surface area contributed by atoms with E-state index in [-0.39, 0.29) is 5.41 Å². The average molecular weight is 159 g/mol. The van der Waals surface area contributed by atoms with Gasteiger partial charge in [0.25, 0.3) is 0 Å². The maximum Gasteiger partial charge on any atom is 0.0511 e. The zero-order chi connectivity index (χ0) is 8.91. The van der Waals surface area contributed by atoms with E-state index in [0.29, 0.717) is 12.5 Å². The van der Waals surface area contributed by atoms with Crippen molar-refractivity contribution in [3.63, 3.8) is 0 Å². The lowest BCUT2D eigenvalue weighted by molar-refractivity contribution is 0.0670. The van der Waals surface area contributed by atoms with Crippen molar-refractivity contribution in [2.75, 3.05) is 19.8 Å². The van der Waals surface area contributed by atoms with Crippen molar-refractivity contribution < 1.29 is 4.74 Å². The highest BCUT2D eigenvalue weighted by Crippen LogP contribution is 2.24. The third kappa shape index (κ3) is 4.38. The average Bonchev–Trinajstić information content (AvgIpc) is 1.87. The SMILES string of the molecule is CCOCC(CN)C(C)(C)C. The zero-order valence-electron chi connectivity index (χ0n) is 8.18. The molecule has 0 fully saturated rings. The lowest BCUT2D eigenvalue weighted by Gasteiger charge is -2.29. The van der Waals surface area contributed by atoms with E-state index in [1.165, 1.54) is 0 Å². The summed E-state index contributed by atoms with van der Waals surface area (Å²) in [7, 11) is 0. The lowest BCUT2D eigenvalue weighted by Crippen LogP contribution is -2.32. The van der Waals surface area contributed by atoms with Crippen molar-refractivity contribution in [3.8, 4) is 0 Å². The molecule has 0 amide bonds. The van der Waals surface area contributed by atoms with Crippen molar-refractivity contribution in [2.45, 2.75) is 27.7 Å². The molecule has 0 spiro atoms. The Bertz CT molecular complexity index is 96.2. The molecule has 2 heteroatoms. The molecule has 0 saturated heterocycles. The maximum absolute atomic E-state index is 5.62. The predicted molar refractivity (Wildman–Crippen MR) is 48.5 cm³/mol. The first-order chi connectivity index (χ1) is 5.02. The molecule has 0 aliphatic carbocycles. The van der Waals surface area contributed by atoms with Crippen molar-refractivity contribution in [3.05, 3.63) is 0 Å². The minimum absolute atomic E-state index is 0.268. The molecule has 68 valence electrons. The quantitative estimate of drug-likeness (QED) is 0.677. The summed E-state index contributed by atoms with van der Waals surface area (Å²) < 4.78 is 5.33. The molecular formula is C9H21NO. The molecule has 0 bridgehead atoms. The fourth-order valence-electron chi connectivity index (χ4n) is 0.932. The van der Waals surface area contributed by atoms with E-state index in [1.54, 1.807) is 0 Å². The van der Waals surface area contributed by atoms with Crippen LogP contribution in [0.1, 0.15) is 27.7 Å². The van der Waals surface area contributed by atoms with Crippen LogP contribution < -0.4 is 5.73 Å². The topological polar surface area (TPSA) is 35.2 Å².